The van der Waals surface area contributed by atoms with E-state index in [1.807, 2.05) is 4.90 Å². The van der Waals surface area contributed by atoms with E-state index in [0.717, 1.165) is 49.2 Å². The fourth-order valence-electron chi connectivity index (χ4n) is 3.79. The normalized spacial score (nSPS) is 13.8. The van der Waals surface area contributed by atoms with Crippen LogP contribution in [-0.2, 0) is 30.6 Å². The summed E-state index contributed by atoms with van der Waals surface area (Å²) in [6, 6.07) is 4.85. The minimum absolute atomic E-state index is 0.0209. The molecule has 0 unspecified atom stereocenters. The van der Waals surface area contributed by atoms with Crippen LogP contribution in [0.3, 0.4) is 0 Å². The molecule has 2 aromatic heterocycles. The van der Waals surface area contributed by atoms with E-state index in [2.05, 4.69) is 22.0 Å². The Morgan fingerprint density at radius 2 is 2.06 bits per heavy atom. The van der Waals surface area contributed by atoms with Crippen molar-refractivity contribution in [1.82, 2.24) is 24.6 Å². The number of halogens is 1. The zero-order valence-electron chi connectivity index (χ0n) is 17.9. The first-order valence-electron chi connectivity index (χ1n) is 10.7. The second kappa shape index (κ2) is 9.13. The topological polar surface area (TPSA) is 89.9 Å². The number of nitrogens with two attached hydrogens (primary N) is 1. The summed E-state index contributed by atoms with van der Waals surface area (Å²) in [6.45, 7) is 5.26. The minimum atomic E-state index is -0.254. The van der Waals surface area contributed by atoms with Crippen LogP contribution >= 0.6 is 11.3 Å². The molecule has 0 aliphatic carbocycles. The van der Waals surface area contributed by atoms with Crippen LogP contribution in [0.1, 0.15) is 41.7 Å². The van der Waals surface area contributed by atoms with E-state index in [4.69, 9.17) is 5.73 Å². The van der Waals surface area contributed by atoms with Gasteiger partial charge in [0.25, 0.3) is 0 Å². The maximum Gasteiger partial charge on any atom is 0.244 e. The fraction of sp³-hybridized carbons (Fsp3) is 0.455. The summed E-state index contributed by atoms with van der Waals surface area (Å²) in [7, 11) is 0. The molecule has 0 atom stereocenters. The van der Waals surface area contributed by atoms with Gasteiger partial charge in [-0.05, 0) is 37.1 Å². The molecule has 0 saturated heterocycles. The average molecular weight is 443 g/mol. The molecule has 0 spiro atoms. The maximum atomic E-state index is 13.7. The molecule has 31 heavy (non-hydrogen) atoms. The highest BCUT2D eigenvalue weighted by molar-refractivity contribution is 7.15. The predicted molar refractivity (Wildman–Crippen MR) is 119 cm³/mol. The number of unbranched alkanes of at least 4 members (excludes halogenated alkanes) is 1. The quantitative estimate of drug-likeness (QED) is 0.632. The Kier molecular flexibility index (Phi) is 6.31. The van der Waals surface area contributed by atoms with Gasteiger partial charge in [0.15, 0.2) is 11.0 Å². The van der Waals surface area contributed by atoms with Crippen LogP contribution < -0.4 is 5.73 Å². The summed E-state index contributed by atoms with van der Waals surface area (Å²) < 4.78 is 15.4. The van der Waals surface area contributed by atoms with Gasteiger partial charge in [0.1, 0.15) is 18.2 Å². The van der Waals surface area contributed by atoms with Crippen LogP contribution in [0.15, 0.2) is 18.2 Å². The van der Waals surface area contributed by atoms with Gasteiger partial charge in [-0.15, -0.1) is 11.3 Å². The number of nitrogens with zero attached hydrogens (tertiary/aromatic N) is 5. The van der Waals surface area contributed by atoms with E-state index in [1.165, 1.54) is 22.3 Å². The SMILES string of the molecule is CCCCc1nc(-c2ccc(F)c(C)c2)nn1CC(=O)N1CCc2nc(N)sc2CC1. The number of aromatic nitrogens is 4. The summed E-state index contributed by atoms with van der Waals surface area (Å²) in [5.74, 6) is 1.08. The fourth-order valence-corrected chi connectivity index (χ4v) is 4.65. The predicted octanol–water partition coefficient (Wildman–Crippen LogP) is 3.40. The van der Waals surface area contributed by atoms with E-state index < -0.39 is 0 Å². The van der Waals surface area contributed by atoms with Crippen molar-refractivity contribution >= 4 is 22.4 Å². The van der Waals surface area contributed by atoms with Crippen molar-refractivity contribution in [3.63, 3.8) is 0 Å². The number of thiazole rings is 1. The molecule has 0 fully saturated rings. The van der Waals surface area contributed by atoms with Gasteiger partial charge < -0.3 is 10.6 Å². The largest absolute Gasteiger partial charge is 0.375 e. The third kappa shape index (κ3) is 4.76. The highest BCUT2D eigenvalue weighted by atomic mass is 32.1. The molecule has 0 radical (unpaired) electrons. The lowest BCUT2D eigenvalue weighted by Crippen LogP contribution is -2.36. The van der Waals surface area contributed by atoms with Crippen LogP contribution in [0.2, 0.25) is 0 Å². The molecule has 1 aromatic carbocycles. The highest BCUT2D eigenvalue weighted by Gasteiger charge is 2.23. The second-order valence-corrected chi connectivity index (χ2v) is 8.99. The Hall–Kier alpha value is -2.81. The lowest BCUT2D eigenvalue weighted by Gasteiger charge is -2.20. The molecule has 3 aromatic rings. The van der Waals surface area contributed by atoms with Gasteiger partial charge >= 0.3 is 0 Å². The number of aryl methyl sites for hydroxylation is 2. The zero-order valence-corrected chi connectivity index (χ0v) is 18.7. The van der Waals surface area contributed by atoms with Crippen LogP contribution in [0, 0.1) is 12.7 Å². The Balaban J connectivity index is 1.52. The lowest BCUT2D eigenvalue weighted by molar-refractivity contribution is -0.132. The third-order valence-electron chi connectivity index (χ3n) is 5.58. The summed E-state index contributed by atoms with van der Waals surface area (Å²) in [6.07, 6.45) is 4.23. The van der Waals surface area contributed by atoms with Gasteiger partial charge in [0.2, 0.25) is 5.91 Å². The molecule has 0 bridgehead atoms. The molecule has 4 rings (SSSR count). The molecular formula is C22H27FN6OS. The monoisotopic (exact) mass is 442 g/mol. The van der Waals surface area contributed by atoms with E-state index >= 15 is 0 Å². The number of amides is 1. The molecule has 7 nitrogen and oxygen atoms in total. The number of carbonyl (C=O) groups excluding carboxylic acids is 1. The first kappa shape index (κ1) is 21.4. The van der Waals surface area contributed by atoms with Gasteiger partial charge in [-0.3, -0.25) is 4.79 Å². The molecule has 1 amide bonds. The summed E-state index contributed by atoms with van der Waals surface area (Å²) in [5, 5.41) is 5.21. The van der Waals surface area contributed by atoms with Gasteiger partial charge in [0.05, 0.1) is 5.69 Å². The average Bonchev–Trinajstić information content (AvgIpc) is 3.25. The number of hydrogen-bond donors (Lipinski definition) is 1. The van der Waals surface area contributed by atoms with E-state index in [1.54, 1.807) is 23.7 Å². The molecule has 2 N–H and O–H groups in total. The van der Waals surface area contributed by atoms with Crippen molar-refractivity contribution in [2.24, 2.45) is 0 Å². The molecule has 0 saturated carbocycles. The van der Waals surface area contributed by atoms with Crippen molar-refractivity contribution in [3.8, 4) is 11.4 Å². The van der Waals surface area contributed by atoms with Crippen molar-refractivity contribution in [3.05, 3.63) is 46.0 Å². The second-order valence-electron chi connectivity index (χ2n) is 7.88. The lowest BCUT2D eigenvalue weighted by atomic mass is 10.1. The van der Waals surface area contributed by atoms with Crippen LogP contribution in [0.4, 0.5) is 9.52 Å². The maximum absolute atomic E-state index is 13.7. The van der Waals surface area contributed by atoms with Gasteiger partial charge in [-0.1, -0.05) is 13.3 Å². The number of anilines is 1. The summed E-state index contributed by atoms with van der Waals surface area (Å²) in [5.41, 5.74) is 8.13. The first-order chi connectivity index (χ1) is 14.9. The highest BCUT2D eigenvalue weighted by Crippen LogP contribution is 2.24. The number of fused-ring (bicyclic) bond motifs is 1. The van der Waals surface area contributed by atoms with Crippen molar-refractivity contribution in [2.75, 3.05) is 18.8 Å². The molecule has 1 aliphatic rings. The smallest absolute Gasteiger partial charge is 0.244 e. The molecule has 164 valence electrons. The van der Waals surface area contributed by atoms with E-state index in [9.17, 15) is 9.18 Å². The molecule has 9 heteroatoms. The Labute approximate surface area is 185 Å². The molecule has 1 aliphatic heterocycles. The molecular weight excluding hydrogens is 415 g/mol. The Morgan fingerprint density at radius 1 is 1.26 bits per heavy atom. The van der Waals surface area contributed by atoms with Crippen molar-refractivity contribution in [2.45, 2.75) is 52.5 Å². The number of carbonyl (C=O) groups is 1. The van der Waals surface area contributed by atoms with E-state index in [-0.39, 0.29) is 18.3 Å². The van der Waals surface area contributed by atoms with Crippen molar-refractivity contribution in [1.29, 1.82) is 0 Å². The van der Waals surface area contributed by atoms with Crippen LogP contribution in [0.25, 0.3) is 11.4 Å². The Bertz CT molecular complexity index is 1070. The number of benzene rings is 1. The van der Waals surface area contributed by atoms with Gasteiger partial charge in [0, 0.05) is 42.8 Å². The number of rotatable bonds is 6. The minimum Gasteiger partial charge on any atom is -0.375 e. The summed E-state index contributed by atoms with van der Waals surface area (Å²) in [4.78, 5) is 25.2. The van der Waals surface area contributed by atoms with E-state index in [0.29, 0.717) is 29.6 Å². The third-order valence-corrected chi connectivity index (χ3v) is 6.56. The zero-order chi connectivity index (χ0) is 22.0. The van der Waals surface area contributed by atoms with Gasteiger partial charge in [-0.2, -0.15) is 5.10 Å². The first-order valence-corrected chi connectivity index (χ1v) is 11.5. The standard InChI is InChI=1S/C22H27FN6OS/c1-3-4-5-19-26-21(15-6-7-16(23)14(2)12-15)27-29(19)13-20(30)28-10-8-17-18(9-11-28)31-22(24)25-17/h6-7,12H,3-5,8-11,13H2,1-2H3,(H2,24,25). The number of nitrogen functional groups attached to an aromatic ring is 1. The van der Waals surface area contributed by atoms with Gasteiger partial charge in [-0.25, -0.2) is 19.0 Å². The summed E-state index contributed by atoms with van der Waals surface area (Å²) >= 11 is 1.51. The van der Waals surface area contributed by atoms with Crippen LogP contribution in [0.5, 0.6) is 0 Å². The molecule has 3 heterocycles. The van der Waals surface area contributed by atoms with Crippen molar-refractivity contribution < 1.29 is 9.18 Å². The number of hydrogen-bond acceptors (Lipinski definition) is 6. The van der Waals surface area contributed by atoms with Crippen LogP contribution in [-0.4, -0.2) is 43.6 Å². The Morgan fingerprint density at radius 3 is 2.84 bits per heavy atom.